The van der Waals surface area contributed by atoms with Crippen molar-refractivity contribution in [1.82, 2.24) is 9.80 Å². The van der Waals surface area contributed by atoms with E-state index in [9.17, 15) is 4.39 Å². The molecular formula is C14H22FN3. The summed E-state index contributed by atoms with van der Waals surface area (Å²) in [5.41, 5.74) is 7.37. The molecule has 0 aromatic heterocycles. The van der Waals surface area contributed by atoms with Gasteiger partial charge in [-0.2, -0.15) is 0 Å². The lowest BCUT2D eigenvalue weighted by atomic mass is 10.1. The highest BCUT2D eigenvalue weighted by atomic mass is 19.1. The second kappa shape index (κ2) is 5.78. The molecule has 18 heavy (non-hydrogen) atoms. The Bertz CT molecular complexity index is 398. The number of hydrogen-bond donors (Lipinski definition) is 1. The Morgan fingerprint density at radius 1 is 1.28 bits per heavy atom. The average Bonchev–Trinajstić information content (AvgIpc) is 2.34. The Morgan fingerprint density at radius 2 is 1.94 bits per heavy atom. The third kappa shape index (κ3) is 3.28. The van der Waals surface area contributed by atoms with E-state index in [0.29, 0.717) is 6.54 Å². The van der Waals surface area contributed by atoms with Gasteiger partial charge in [-0.05, 0) is 25.6 Å². The van der Waals surface area contributed by atoms with Crippen LogP contribution in [0.25, 0.3) is 0 Å². The summed E-state index contributed by atoms with van der Waals surface area (Å²) in [5, 5.41) is 0. The fourth-order valence-corrected chi connectivity index (χ4v) is 2.22. The molecule has 1 aliphatic heterocycles. The van der Waals surface area contributed by atoms with E-state index in [4.69, 9.17) is 5.73 Å². The highest BCUT2D eigenvalue weighted by Gasteiger charge is 2.15. The maximum absolute atomic E-state index is 13.9. The number of piperazine rings is 1. The molecule has 0 radical (unpaired) electrons. The summed E-state index contributed by atoms with van der Waals surface area (Å²) in [7, 11) is 2.12. The zero-order chi connectivity index (χ0) is 13.1. The van der Waals surface area contributed by atoms with Crippen molar-refractivity contribution in [3.05, 3.63) is 35.1 Å². The molecule has 100 valence electrons. The Kier molecular flexibility index (Phi) is 4.32. The monoisotopic (exact) mass is 251 g/mol. The van der Waals surface area contributed by atoms with E-state index in [1.54, 1.807) is 6.07 Å². The molecule has 3 nitrogen and oxygen atoms in total. The number of benzene rings is 1. The summed E-state index contributed by atoms with van der Waals surface area (Å²) in [6, 6.07) is 5.25. The standard InChI is InChI=1S/C14H22FN3/c1-11(16)12-3-4-13(14(15)9-12)10-18-7-5-17(2)6-8-18/h3-4,9,11H,5-8,10,16H2,1-2H3. The summed E-state index contributed by atoms with van der Waals surface area (Å²) >= 11 is 0. The third-order valence-electron chi connectivity index (χ3n) is 3.59. The number of likely N-dealkylation sites (N-methyl/N-ethyl adjacent to an activating group) is 1. The number of halogens is 1. The van der Waals surface area contributed by atoms with Crippen LogP contribution in [0.3, 0.4) is 0 Å². The van der Waals surface area contributed by atoms with E-state index in [-0.39, 0.29) is 11.9 Å². The van der Waals surface area contributed by atoms with E-state index < -0.39 is 0 Å². The van der Waals surface area contributed by atoms with Gasteiger partial charge in [0.1, 0.15) is 5.82 Å². The van der Waals surface area contributed by atoms with Crippen LogP contribution >= 0.6 is 0 Å². The van der Waals surface area contributed by atoms with Crippen LogP contribution in [0, 0.1) is 5.82 Å². The Hall–Kier alpha value is -0.970. The van der Waals surface area contributed by atoms with Gasteiger partial charge in [-0.15, -0.1) is 0 Å². The topological polar surface area (TPSA) is 32.5 Å². The van der Waals surface area contributed by atoms with E-state index in [0.717, 1.165) is 37.3 Å². The first-order valence-corrected chi connectivity index (χ1v) is 6.51. The smallest absolute Gasteiger partial charge is 0.128 e. The molecule has 2 rings (SSSR count). The molecule has 1 atom stereocenters. The summed E-state index contributed by atoms with van der Waals surface area (Å²) < 4.78 is 13.9. The summed E-state index contributed by atoms with van der Waals surface area (Å²) in [6.45, 7) is 6.68. The molecule has 0 aliphatic carbocycles. The van der Waals surface area contributed by atoms with Gasteiger partial charge in [-0.1, -0.05) is 12.1 Å². The number of nitrogens with zero attached hydrogens (tertiary/aromatic N) is 2. The molecule has 0 amide bonds. The van der Waals surface area contributed by atoms with Crippen LogP contribution in [-0.2, 0) is 6.54 Å². The van der Waals surface area contributed by atoms with Gasteiger partial charge < -0.3 is 10.6 Å². The van der Waals surface area contributed by atoms with E-state index in [2.05, 4.69) is 16.8 Å². The predicted molar refractivity (Wildman–Crippen MR) is 71.8 cm³/mol. The highest BCUT2D eigenvalue weighted by molar-refractivity contribution is 5.26. The lowest BCUT2D eigenvalue weighted by molar-refractivity contribution is 0.147. The SMILES string of the molecule is CC(N)c1ccc(CN2CCN(C)CC2)c(F)c1. The van der Waals surface area contributed by atoms with Crippen LogP contribution in [0.2, 0.25) is 0 Å². The van der Waals surface area contributed by atoms with E-state index in [1.807, 2.05) is 19.1 Å². The van der Waals surface area contributed by atoms with Crippen molar-refractivity contribution in [2.75, 3.05) is 33.2 Å². The molecule has 4 heteroatoms. The van der Waals surface area contributed by atoms with Gasteiger partial charge in [0.25, 0.3) is 0 Å². The molecule has 1 fully saturated rings. The normalized spacial score (nSPS) is 20.0. The van der Waals surface area contributed by atoms with Crippen LogP contribution < -0.4 is 5.73 Å². The minimum atomic E-state index is -0.135. The quantitative estimate of drug-likeness (QED) is 0.885. The third-order valence-corrected chi connectivity index (χ3v) is 3.59. The van der Waals surface area contributed by atoms with Crippen molar-refractivity contribution >= 4 is 0 Å². The van der Waals surface area contributed by atoms with Gasteiger partial charge in [-0.25, -0.2) is 4.39 Å². The fourth-order valence-electron chi connectivity index (χ4n) is 2.22. The molecule has 1 aromatic carbocycles. The van der Waals surface area contributed by atoms with Crippen LogP contribution in [0.5, 0.6) is 0 Å². The van der Waals surface area contributed by atoms with Crippen molar-refractivity contribution in [3.63, 3.8) is 0 Å². The molecule has 1 heterocycles. The number of rotatable bonds is 3. The van der Waals surface area contributed by atoms with Crippen molar-refractivity contribution in [3.8, 4) is 0 Å². The molecule has 1 unspecified atom stereocenters. The van der Waals surface area contributed by atoms with Gasteiger partial charge in [0, 0.05) is 44.3 Å². The van der Waals surface area contributed by atoms with Gasteiger partial charge in [0.15, 0.2) is 0 Å². The first-order chi connectivity index (χ1) is 8.56. The fraction of sp³-hybridized carbons (Fsp3) is 0.571. The highest BCUT2D eigenvalue weighted by Crippen LogP contribution is 2.17. The minimum Gasteiger partial charge on any atom is -0.324 e. The van der Waals surface area contributed by atoms with E-state index >= 15 is 0 Å². The molecular weight excluding hydrogens is 229 g/mol. The second-order valence-electron chi connectivity index (χ2n) is 5.22. The molecule has 2 N–H and O–H groups in total. The van der Waals surface area contributed by atoms with Crippen LogP contribution in [0.1, 0.15) is 24.1 Å². The van der Waals surface area contributed by atoms with Crippen LogP contribution in [-0.4, -0.2) is 43.0 Å². The van der Waals surface area contributed by atoms with Crippen molar-refractivity contribution in [2.45, 2.75) is 19.5 Å². The summed E-state index contributed by atoms with van der Waals surface area (Å²) in [6.07, 6.45) is 0. The molecule has 1 aliphatic rings. The average molecular weight is 251 g/mol. The van der Waals surface area contributed by atoms with E-state index in [1.165, 1.54) is 0 Å². The van der Waals surface area contributed by atoms with Crippen molar-refractivity contribution in [1.29, 1.82) is 0 Å². The number of nitrogens with two attached hydrogens (primary N) is 1. The molecule has 1 saturated heterocycles. The summed E-state index contributed by atoms with van der Waals surface area (Å²) in [5.74, 6) is -0.135. The Balaban J connectivity index is 2.01. The maximum Gasteiger partial charge on any atom is 0.128 e. The molecule has 0 saturated carbocycles. The van der Waals surface area contributed by atoms with Gasteiger partial charge >= 0.3 is 0 Å². The first-order valence-electron chi connectivity index (χ1n) is 6.51. The van der Waals surface area contributed by atoms with Gasteiger partial charge in [0.05, 0.1) is 0 Å². The zero-order valence-corrected chi connectivity index (χ0v) is 11.2. The lowest BCUT2D eigenvalue weighted by Crippen LogP contribution is -2.44. The van der Waals surface area contributed by atoms with Crippen molar-refractivity contribution in [2.24, 2.45) is 5.73 Å². The molecule has 0 spiro atoms. The lowest BCUT2D eigenvalue weighted by Gasteiger charge is -2.32. The van der Waals surface area contributed by atoms with Crippen LogP contribution in [0.4, 0.5) is 4.39 Å². The molecule has 1 aromatic rings. The van der Waals surface area contributed by atoms with Gasteiger partial charge in [0.2, 0.25) is 0 Å². The predicted octanol–water partition coefficient (Wildman–Crippen LogP) is 1.59. The number of hydrogen-bond acceptors (Lipinski definition) is 3. The Morgan fingerprint density at radius 3 is 2.50 bits per heavy atom. The first kappa shape index (κ1) is 13.5. The summed E-state index contributed by atoms with van der Waals surface area (Å²) in [4.78, 5) is 4.59. The minimum absolute atomic E-state index is 0.114. The van der Waals surface area contributed by atoms with Crippen molar-refractivity contribution < 1.29 is 4.39 Å². The zero-order valence-electron chi connectivity index (χ0n) is 11.2. The van der Waals surface area contributed by atoms with Gasteiger partial charge in [-0.3, -0.25) is 4.90 Å². The maximum atomic E-state index is 13.9. The van der Waals surface area contributed by atoms with Crippen LogP contribution in [0.15, 0.2) is 18.2 Å². The second-order valence-corrected chi connectivity index (χ2v) is 5.22. The Labute approximate surface area is 108 Å². The largest absolute Gasteiger partial charge is 0.324 e. The molecule has 0 bridgehead atoms.